The van der Waals surface area contributed by atoms with Crippen LogP contribution in [0, 0.1) is 11.3 Å². The minimum Gasteiger partial charge on any atom is -0.339 e. The van der Waals surface area contributed by atoms with Crippen LogP contribution in [-0.2, 0) is 4.79 Å². The van der Waals surface area contributed by atoms with Gasteiger partial charge < -0.3 is 9.80 Å². The lowest BCUT2D eigenvalue weighted by molar-refractivity contribution is -0.133. The molecule has 0 atom stereocenters. The molecule has 0 aromatic carbocycles. The lowest BCUT2D eigenvalue weighted by Gasteiger charge is -2.33. The quantitative estimate of drug-likeness (QED) is 0.676. The van der Waals surface area contributed by atoms with Gasteiger partial charge in [-0.15, -0.1) is 0 Å². The summed E-state index contributed by atoms with van der Waals surface area (Å²) in [5.74, 6) is 0.192. The van der Waals surface area contributed by atoms with Crippen molar-refractivity contribution in [1.82, 2.24) is 14.7 Å². The summed E-state index contributed by atoms with van der Waals surface area (Å²) in [5, 5.41) is 8.55. The minimum absolute atomic E-state index is 0.192. The molecule has 1 saturated heterocycles. The first-order valence-corrected chi connectivity index (χ1v) is 6.23. The number of likely N-dealkylation sites (N-methyl/N-ethyl adjacent to an activating group) is 2. The van der Waals surface area contributed by atoms with Crippen molar-refractivity contribution in [2.45, 2.75) is 13.3 Å². The summed E-state index contributed by atoms with van der Waals surface area (Å²) in [6, 6.07) is 2.12. The Hall–Kier alpha value is -1.12. The summed E-state index contributed by atoms with van der Waals surface area (Å²) in [4.78, 5) is 18.2. The Morgan fingerprint density at radius 2 is 2.00 bits per heavy atom. The number of piperazine rings is 1. The summed E-state index contributed by atoms with van der Waals surface area (Å²) in [6.07, 6.45) is 0.490. The molecule has 1 aliphatic rings. The molecular formula is C12H22N4O. The predicted molar refractivity (Wildman–Crippen MR) is 66.4 cm³/mol. The van der Waals surface area contributed by atoms with Gasteiger partial charge in [-0.2, -0.15) is 5.26 Å². The molecule has 0 bridgehead atoms. The molecule has 1 fully saturated rings. The van der Waals surface area contributed by atoms with Gasteiger partial charge in [0.15, 0.2) is 0 Å². The van der Waals surface area contributed by atoms with Crippen molar-refractivity contribution in [3.63, 3.8) is 0 Å². The van der Waals surface area contributed by atoms with Crippen LogP contribution in [0.3, 0.4) is 0 Å². The molecule has 1 heterocycles. The topological polar surface area (TPSA) is 50.6 Å². The van der Waals surface area contributed by atoms with E-state index in [2.05, 4.69) is 18.0 Å². The van der Waals surface area contributed by atoms with E-state index in [1.807, 2.05) is 16.7 Å². The van der Waals surface area contributed by atoms with Crippen LogP contribution in [0.5, 0.6) is 0 Å². The number of rotatable bonds is 5. The van der Waals surface area contributed by atoms with Gasteiger partial charge in [-0.05, 0) is 13.6 Å². The third-order valence-electron chi connectivity index (χ3n) is 3.20. The summed E-state index contributed by atoms with van der Waals surface area (Å²) < 4.78 is 0. The Morgan fingerprint density at radius 3 is 2.53 bits per heavy atom. The Kier molecular flexibility index (Phi) is 5.95. The highest BCUT2D eigenvalue weighted by Gasteiger charge is 2.20. The highest BCUT2D eigenvalue weighted by molar-refractivity contribution is 5.78. The number of nitrogens with zero attached hydrogens (tertiary/aromatic N) is 4. The van der Waals surface area contributed by atoms with Crippen LogP contribution in [0.1, 0.15) is 13.3 Å². The van der Waals surface area contributed by atoms with Crippen molar-refractivity contribution in [1.29, 1.82) is 5.26 Å². The molecular weight excluding hydrogens is 216 g/mol. The molecule has 17 heavy (non-hydrogen) atoms. The van der Waals surface area contributed by atoms with Crippen molar-refractivity contribution in [2.24, 2.45) is 0 Å². The van der Waals surface area contributed by atoms with Crippen LogP contribution >= 0.6 is 0 Å². The largest absolute Gasteiger partial charge is 0.339 e. The molecule has 0 aromatic heterocycles. The van der Waals surface area contributed by atoms with E-state index in [0.29, 0.717) is 19.5 Å². The van der Waals surface area contributed by atoms with Gasteiger partial charge in [0, 0.05) is 39.1 Å². The average Bonchev–Trinajstić information content (AvgIpc) is 2.35. The Bertz CT molecular complexity index is 279. The molecule has 0 unspecified atom stereocenters. The van der Waals surface area contributed by atoms with Gasteiger partial charge in [-0.1, -0.05) is 6.92 Å². The van der Waals surface area contributed by atoms with Crippen LogP contribution in [0.2, 0.25) is 0 Å². The number of nitriles is 1. The summed E-state index contributed by atoms with van der Waals surface area (Å²) in [7, 11) is 2.08. The lowest BCUT2D eigenvalue weighted by Crippen LogP contribution is -2.50. The predicted octanol–water partition coefficient (Wildman–Crippen LogP) is -0.00402. The first kappa shape index (κ1) is 13.9. The van der Waals surface area contributed by atoms with Gasteiger partial charge in [-0.25, -0.2) is 0 Å². The van der Waals surface area contributed by atoms with E-state index in [1.54, 1.807) is 0 Å². The van der Waals surface area contributed by atoms with E-state index < -0.39 is 0 Å². The first-order valence-electron chi connectivity index (χ1n) is 6.23. The number of hydrogen-bond acceptors (Lipinski definition) is 4. The Balaban J connectivity index is 2.34. The molecule has 0 aromatic rings. The summed E-state index contributed by atoms with van der Waals surface area (Å²) in [6.45, 7) is 7.53. The second kappa shape index (κ2) is 7.25. The van der Waals surface area contributed by atoms with E-state index in [-0.39, 0.29) is 5.91 Å². The number of carbonyl (C=O) groups excluding carboxylic acids is 1. The smallest absolute Gasteiger partial charge is 0.236 e. The van der Waals surface area contributed by atoms with Gasteiger partial charge in [-0.3, -0.25) is 9.69 Å². The molecule has 0 spiro atoms. The number of hydrogen-bond donors (Lipinski definition) is 0. The third-order valence-corrected chi connectivity index (χ3v) is 3.20. The van der Waals surface area contributed by atoms with Crippen LogP contribution in [0.4, 0.5) is 0 Å². The normalized spacial score (nSPS) is 17.2. The summed E-state index contributed by atoms with van der Waals surface area (Å²) >= 11 is 0. The van der Waals surface area contributed by atoms with E-state index >= 15 is 0 Å². The van der Waals surface area contributed by atoms with Gasteiger partial charge >= 0.3 is 0 Å². The number of amides is 1. The monoisotopic (exact) mass is 238 g/mol. The minimum atomic E-state index is 0.192. The fraction of sp³-hybridized carbons (Fsp3) is 0.833. The van der Waals surface area contributed by atoms with Gasteiger partial charge in [0.25, 0.3) is 0 Å². The van der Waals surface area contributed by atoms with Crippen LogP contribution < -0.4 is 0 Å². The molecule has 0 N–H and O–H groups in total. The second-order valence-corrected chi connectivity index (χ2v) is 4.46. The molecule has 0 saturated carbocycles. The van der Waals surface area contributed by atoms with Crippen LogP contribution in [0.25, 0.3) is 0 Å². The standard InChI is InChI=1S/C12H22N4O/c1-3-15(6-4-5-13)11-12(17)16-9-7-14(2)8-10-16/h3-4,6-11H2,1-2H3. The Labute approximate surface area is 104 Å². The van der Waals surface area contributed by atoms with E-state index in [1.165, 1.54) is 0 Å². The van der Waals surface area contributed by atoms with E-state index in [0.717, 1.165) is 32.7 Å². The molecule has 0 aliphatic carbocycles. The third kappa shape index (κ3) is 4.72. The van der Waals surface area contributed by atoms with E-state index in [9.17, 15) is 4.79 Å². The second-order valence-electron chi connectivity index (χ2n) is 4.46. The Morgan fingerprint density at radius 1 is 1.35 bits per heavy atom. The maximum atomic E-state index is 12.0. The average molecular weight is 238 g/mol. The zero-order chi connectivity index (χ0) is 12.7. The van der Waals surface area contributed by atoms with Gasteiger partial charge in [0.05, 0.1) is 12.6 Å². The zero-order valence-corrected chi connectivity index (χ0v) is 10.9. The lowest BCUT2D eigenvalue weighted by atomic mass is 10.3. The zero-order valence-electron chi connectivity index (χ0n) is 10.9. The fourth-order valence-corrected chi connectivity index (χ4v) is 1.90. The number of carbonyl (C=O) groups is 1. The van der Waals surface area contributed by atoms with E-state index in [4.69, 9.17) is 5.26 Å². The first-order chi connectivity index (χ1) is 8.17. The van der Waals surface area contributed by atoms with Gasteiger partial charge in [0.2, 0.25) is 5.91 Å². The van der Waals surface area contributed by atoms with Crippen molar-refractivity contribution < 1.29 is 4.79 Å². The highest BCUT2D eigenvalue weighted by Crippen LogP contribution is 2.01. The van der Waals surface area contributed by atoms with Crippen LogP contribution in [-0.4, -0.2) is 73.5 Å². The van der Waals surface area contributed by atoms with Crippen LogP contribution in [0.15, 0.2) is 0 Å². The molecule has 0 radical (unpaired) electrons. The fourth-order valence-electron chi connectivity index (χ4n) is 1.90. The summed E-state index contributed by atoms with van der Waals surface area (Å²) in [5.41, 5.74) is 0. The maximum absolute atomic E-state index is 12.0. The SMILES string of the molecule is CCN(CCC#N)CC(=O)N1CCN(C)CC1. The highest BCUT2D eigenvalue weighted by atomic mass is 16.2. The molecule has 5 heteroatoms. The van der Waals surface area contributed by atoms with Crippen molar-refractivity contribution >= 4 is 5.91 Å². The van der Waals surface area contributed by atoms with Gasteiger partial charge in [0.1, 0.15) is 0 Å². The molecule has 1 amide bonds. The van der Waals surface area contributed by atoms with Crippen molar-refractivity contribution in [3.05, 3.63) is 0 Å². The van der Waals surface area contributed by atoms with Crippen molar-refractivity contribution in [2.75, 3.05) is 52.9 Å². The van der Waals surface area contributed by atoms with Crippen molar-refractivity contribution in [3.8, 4) is 6.07 Å². The molecule has 5 nitrogen and oxygen atoms in total. The molecule has 96 valence electrons. The molecule has 1 rings (SSSR count). The molecule has 1 aliphatic heterocycles. The maximum Gasteiger partial charge on any atom is 0.236 e.